The number of rotatable bonds is 5. The SMILES string of the molecule is Cc1nc(NC(=O)c2cnn(-c3ccc(F)cc3)c2C(C)C)sc1-c1ccccn1. The predicted molar refractivity (Wildman–Crippen MR) is 116 cm³/mol. The van der Waals surface area contributed by atoms with Gasteiger partial charge in [-0.05, 0) is 49.2 Å². The fourth-order valence-electron chi connectivity index (χ4n) is 3.23. The molecule has 0 atom stereocenters. The number of amides is 1. The van der Waals surface area contributed by atoms with Gasteiger partial charge in [-0.2, -0.15) is 5.10 Å². The minimum absolute atomic E-state index is 0.0282. The van der Waals surface area contributed by atoms with Gasteiger partial charge in [-0.15, -0.1) is 0 Å². The van der Waals surface area contributed by atoms with Gasteiger partial charge in [-0.25, -0.2) is 14.1 Å². The molecule has 0 unspecified atom stereocenters. The number of nitrogens with one attached hydrogen (secondary N) is 1. The van der Waals surface area contributed by atoms with E-state index in [0.29, 0.717) is 16.4 Å². The number of benzene rings is 1. The first-order valence-electron chi connectivity index (χ1n) is 9.48. The first kappa shape index (κ1) is 19.9. The number of pyridine rings is 1. The molecule has 0 spiro atoms. The predicted octanol–water partition coefficient (Wildman–Crippen LogP) is 5.21. The zero-order valence-corrected chi connectivity index (χ0v) is 17.6. The van der Waals surface area contributed by atoms with E-state index < -0.39 is 0 Å². The van der Waals surface area contributed by atoms with Crippen molar-refractivity contribution < 1.29 is 9.18 Å². The Morgan fingerprint density at radius 2 is 1.93 bits per heavy atom. The maximum Gasteiger partial charge on any atom is 0.260 e. The van der Waals surface area contributed by atoms with Crippen LogP contribution in [0.25, 0.3) is 16.3 Å². The van der Waals surface area contributed by atoms with Crippen molar-refractivity contribution in [1.82, 2.24) is 19.7 Å². The molecular weight excluding hydrogens is 401 g/mol. The maximum atomic E-state index is 13.3. The van der Waals surface area contributed by atoms with Crippen molar-refractivity contribution in [2.45, 2.75) is 26.7 Å². The highest BCUT2D eigenvalue weighted by Gasteiger charge is 2.22. The lowest BCUT2D eigenvalue weighted by Crippen LogP contribution is -2.15. The van der Waals surface area contributed by atoms with Crippen LogP contribution in [0.4, 0.5) is 9.52 Å². The zero-order chi connectivity index (χ0) is 21.3. The molecule has 152 valence electrons. The zero-order valence-electron chi connectivity index (χ0n) is 16.8. The summed E-state index contributed by atoms with van der Waals surface area (Å²) in [5, 5.41) is 7.76. The lowest BCUT2D eigenvalue weighted by Gasteiger charge is -2.12. The summed E-state index contributed by atoms with van der Waals surface area (Å²) in [7, 11) is 0. The van der Waals surface area contributed by atoms with Crippen LogP contribution in [0.15, 0.2) is 54.9 Å². The molecule has 3 aromatic heterocycles. The van der Waals surface area contributed by atoms with Gasteiger partial charge >= 0.3 is 0 Å². The average molecular weight is 422 g/mol. The fourth-order valence-corrected chi connectivity index (χ4v) is 4.16. The molecule has 0 aliphatic rings. The maximum absolute atomic E-state index is 13.3. The molecule has 3 heterocycles. The Hall–Kier alpha value is -3.39. The summed E-state index contributed by atoms with van der Waals surface area (Å²) in [6.45, 7) is 5.86. The Morgan fingerprint density at radius 1 is 1.17 bits per heavy atom. The van der Waals surface area contributed by atoms with Crippen LogP contribution in [0.5, 0.6) is 0 Å². The van der Waals surface area contributed by atoms with Gasteiger partial charge in [-0.1, -0.05) is 31.3 Å². The molecule has 4 aromatic rings. The first-order valence-corrected chi connectivity index (χ1v) is 10.3. The van der Waals surface area contributed by atoms with E-state index in [4.69, 9.17) is 0 Å². The molecule has 6 nitrogen and oxygen atoms in total. The highest BCUT2D eigenvalue weighted by Crippen LogP contribution is 2.32. The van der Waals surface area contributed by atoms with E-state index in [1.807, 2.05) is 39.0 Å². The van der Waals surface area contributed by atoms with Crippen molar-refractivity contribution >= 4 is 22.4 Å². The lowest BCUT2D eigenvalue weighted by atomic mass is 10.1. The number of anilines is 1. The van der Waals surface area contributed by atoms with Gasteiger partial charge in [0, 0.05) is 6.20 Å². The molecule has 4 rings (SSSR count). The Labute approximate surface area is 177 Å². The Bertz CT molecular complexity index is 1180. The van der Waals surface area contributed by atoms with Crippen LogP contribution in [0.2, 0.25) is 0 Å². The third-order valence-corrected chi connectivity index (χ3v) is 5.68. The highest BCUT2D eigenvalue weighted by molar-refractivity contribution is 7.19. The minimum atomic E-state index is -0.321. The molecule has 0 aliphatic carbocycles. The van der Waals surface area contributed by atoms with E-state index in [9.17, 15) is 9.18 Å². The molecule has 0 aliphatic heterocycles. The van der Waals surface area contributed by atoms with Gasteiger partial charge < -0.3 is 0 Å². The second-order valence-corrected chi connectivity index (χ2v) is 8.09. The summed E-state index contributed by atoms with van der Waals surface area (Å²) in [6.07, 6.45) is 3.26. The Morgan fingerprint density at radius 3 is 2.60 bits per heavy atom. The molecule has 8 heteroatoms. The Balaban J connectivity index is 1.64. The van der Waals surface area contributed by atoms with Gasteiger partial charge in [0.15, 0.2) is 5.13 Å². The van der Waals surface area contributed by atoms with E-state index >= 15 is 0 Å². The van der Waals surface area contributed by atoms with E-state index in [1.165, 1.54) is 29.7 Å². The lowest BCUT2D eigenvalue weighted by molar-refractivity contribution is 0.102. The number of nitrogens with zero attached hydrogens (tertiary/aromatic N) is 4. The molecule has 1 N–H and O–H groups in total. The number of aryl methyl sites for hydroxylation is 1. The third-order valence-electron chi connectivity index (χ3n) is 4.58. The molecular formula is C22H20FN5OS. The summed E-state index contributed by atoms with van der Waals surface area (Å²) in [4.78, 5) is 22.8. The van der Waals surface area contributed by atoms with Crippen molar-refractivity contribution in [3.63, 3.8) is 0 Å². The van der Waals surface area contributed by atoms with E-state index in [2.05, 4.69) is 20.4 Å². The number of aromatic nitrogens is 4. The molecule has 0 bridgehead atoms. The molecule has 0 radical (unpaired) electrons. The van der Waals surface area contributed by atoms with Crippen LogP contribution in [0, 0.1) is 12.7 Å². The van der Waals surface area contributed by atoms with Crippen LogP contribution < -0.4 is 5.32 Å². The largest absolute Gasteiger partial charge is 0.298 e. The van der Waals surface area contributed by atoms with E-state index in [-0.39, 0.29) is 17.6 Å². The fraction of sp³-hybridized carbons (Fsp3) is 0.182. The standard InChI is InChI=1S/C22H20FN5OS/c1-13(2)19-17(12-25-28(19)16-9-7-15(23)8-10-16)21(29)27-22-26-14(3)20(30-22)18-6-4-5-11-24-18/h4-13H,1-3H3,(H,26,27,29). The number of hydrogen-bond donors (Lipinski definition) is 1. The number of carbonyl (C=O) groups excluding carboxylic acids is 1. The number of carbonyl (C=O) groups is 1. The summed E-state index contributed by atoms with van der Waals surface area (Å²) < 4.78 is 15.0. The summed E-state index contributed by atoms with van der Waals surface area (Å²) in [5.74, 6) is -0.577. The minimum Gasteiger partial charge on any atom is -0.298 e. The summed E-state index contributed by atoms with van der Waals surface area (Å²) >= 11 is 1.38. The number of halogens is 1. The molecule has 1 aromatic carbocycles. The second kappa shape index (κ2) is 8.16. The monoisotopic (exact) mass is 421 g/mol. The van der Waals surface area contributed by atoms with Gasteiger partial charge in [0.25, 0.3) is 5.91 Å². The van der Waals surface area contributed by atoms with Crippen LogP contribution >= 0.6 is 11.3 Å². The molecule has 30 heavy (non-hydrogen) atoms. The van der Waals surface area contributed by atoms with Crippen LogP contribution in [0.1, 0.15) is 41.5 Å². The van der Waals surface area contributed by atoms with Crippen LogP contribution in [0.3, 0.4) is 0 Å². The van der Waals surface area contributed by atoms with Gasteiger partial charge in [0.2, 0.25) is 0 Å². The first-order chi connectivity index (χ1) is 14.4. The normalized spacial score (nSPS) is 11.1. The van der Waals surface area contributed by atoms with Gasteiger partial charge in [0.05, 0.1) is 39.4 Å². The van der Waals surface area contributed by atoms with Crippen LogP contribution in [-0.4, -0.2) is 25.7 Å². The summed E-state index contributed by atoms with van der Waals surface area (Å²) in [5.41, 5.74) is 3.53. The average Bonchev–Trinajstić information content (AvgIpc) is 3.33. The molecule has 1 amide bonds. The van der Waals surface area contributed by atoms with Crippen molar-refractivity contribution in [1.29, 1.82) is 0 Å². The topological polar surface area (TPSA) is 72.7 Å². The summed E-state index contributed by atoms with van der Waals surface area (Å²) in [6, 6.07) is 11.7. The van der Waals surface area contributed by atoms with E-state index in [0.717, 1.165) is 22.0 Å². The molecule has 0 saturated carbocycles. The van der Waals surface area contributed by atoms with Crippen molar-refractivity contribution in [2.75, 3.05) is 5.32 Å². The van der Waals surface area contributed by atoms with E-state index in [1.54, 1.807) is 23.0 Å². The van der Waals surface area contributed by atoms with Crippen LogP contribution in [-0.2, 0) is 0 Å². The third kappa shape index (κ3) is 3.86. The van der Waals surface area contributed by atoms with Gasteiger partial charge in [-0.3, -0.25) is 15.1 Å². The second-order valence-electron chi connectivity index (χ2n) is 7.09. The van der Waals surface area contributed by atoms with Gasteiger partial charge in [0.1, 0.15) is 5.82 Å². The Kier molecular flexibility index (Phi) is 5.41. The van der Waals surface area contributed by atoms with Crippen molar-refractivity contribution in [3.8, 4) is 16.3 Å². The number of hydrogen-bond acceptors (Lipinski definition) is 5. The smallest absolute Gasteiger partial charge is 0.260 e. The number of thiazole rings is 1. The molecule has 0 saturated heterocycles. The quantitative estimate of drug-likeness (QED) is 0.480. The molecule has 0 fully saturated rings. The highest BCUT2D eigenvalue weighted by atomic mass is 32.1. The van der Waals surface area contributed by atoms with Crippen molar-refractivity contribution in [2.24, 2.45) is 0 Å². The van der Waals surface area contributed by atoms with Crippen molar-refractivity contribution in [3.05, 3.63) is 77.6 Å².